The third kappa shape index (κ3) is 2.02. The number of halogens is 1. The highest BCUT2D eigenvalue weighted by molar-refractivity contribution is 6.32. The largest absolute Gasteiger partial charge is 0.486 e. The first kappa shape index (κ1) is 10.5. The lowest BCUT2D eigenvalue weighted by molar-refractivity contribution is 0.167. The minimum atomic E-state index is -0.724. The normalized spacial score (nSPS) is 16.2. The molecule has 1 aliphatic rings. The minimum Gasteiger partial charge on any atom is -0.486 e. The molecule has 4 nitrogen and oxygen atoms in total. The summed E-state index contributed by atoms with van der Waals surface area (Å²) >= 11 is 5.99. The number of benzene rings is 1. The van der Waals surface area contributed by atoms with Crippen LogP contribution in [0.4, 0.5) is 0 Å². The molecule has 1 atom stereocenters. The van der Waals surface area contributed by atoms with Crippen LogP contribution < -0.4 is 15.2 Å². The standard InChI is InChI=1S/C10H12ClNO3/c11-7-3-6(8(13)5-12)4-9-10(7)15-2-1-14-9/h3-4,8,13H,1-2,5,12H2. The van der Waals surface area contributed by atoms with Gasteiger partial charge in [0, 0.05) is 6.54 Å². The third-order valence-electron chi connectivity index (χ3n) is 2.23. The van der Waals surface area contributed by atoms with Crippen molar-refractivity contribution in [2.24, 2.45) is 5.73 Å². The number of aliphatic hydroxyl groups excluding tert-OH is 1. The van der Waals surface area contributed by atoms with E-state index in [0.29, 0.717) is 35.3 Å². The van der Waals surface area contributed by atoms with Crippen LogP contribution in [-0.2, 0) is 0 Å². The van der Waals surface area contributed by atoms with Crippen LogP contribution in [0.25, 0.3) is 0 Å². The molecule has 0 saturated heterocycles. The zero-order valence-electron chi connectivity index (χ0n) is 8.07. The van der Waals surface area contributed by atoms with Crippen LogP contribution in [0.1, 0.15) is 11.7 Å². The molecule has 0 spiro atoms. The van der Waals surface area contributed by atoms with E-state index in [4.69, 9.17) is 26.8 Å². The van der Waals surface area contributed by atoms with Crippen molar-refractivity contribution >= 4 is 11.6 Å². The van der Waals surface area contributed by atoms with E-state index in [1.54, 1.807) is 12.1 Å². The second-order valence-corrected chi connectivity index (χ2v) is 3.69. The van der Waals surface area contributed by atoms with Gasteiger partial charge in [-0.05, 0) is 17.7 Å². The van der Waals surface area contributed by atoms with Gasteiger partial charge in [-0.15, -0.1) is 0 Å². The Morgan fingerprint density at radius 2 is 2.13 bits per heavy atom. The average molecular weight is 230 g/mol. The van der Waals surface area contributed by atoms with Crippen molar-refractivity contribution in [1.29, 1.82) is 0 Å². The highest BCUT2D eigenvalue weighted by atomic mass is 35.5. The molecule has 0 fully saturated rings. The summed E-state index contributed by atoms with van der Waals surface area (Å²) in [6, 6.07) is 3.35. The van der Waals surface area contributed by atoms with Crippen molar-refractivity contribution in [3.05, 3.63) is 22.7 Å². The summed E-state index contributed by atoms with van der Waals surface area (Å²) in [6.07, 6.45) is -0.724. The van der Waals surface area contributed by atoms with E-state index >= 15 is 0 Å². The lowest BCUT2D eigenvalue weighted by Crippen LogP contribution is -2.17. The first-order valence-corrected chi connectivity index (χ1v) is 5.07. The van der Waals surface area contributed by atoms with Crippen LogP contribution in [0.5, 0.6) is 11.5 Å². The minimum absolute atomic E-state index is 0.149. The molecule has 3 N–H and O–H groups in total. The van der Waals surface area contributed by atoms with Gasteiger partial charge in [0.05, 0.1) is 11.1 Å². The molecule has 1 aromatic carbocycles. The molecular formula is C10H12ClNO3. The molecule has 15 heavy (non-hydrogen) atoms. The summed E-state index contributed by atoms with van der Waals surface area (Å²) < 4.78 is 10.7. The van der Waals surface area contributed by atoms with Gasteiger partial charge < -0.3 is 20.3 Å². The van der Waals surface area contributed by atoms with Crippen molar-refractivity contribution < 1.29 is 14.6 Å². The third-order valence-corrected chi connectivity index (χ3v) is 2.51. The smallest absolute Gasteiger partial charge is 0.179 e. The number of hydrogen-bond acceptors (Lipinski definition) is 4. The molecule has 1 unspecified atom stereocenters. The monoisotopic (exact) mass is 229 g/mol. The summed E-state index contributed by atoms with van der Waals surface area (Å²) in [5.74, 6) is 1.10. The number of nitrogens with two attached hydrogens (primary N) is 1. The van der Waals surface area contributed by atoms with E-state index < -0.39 is 6.10 Å². The van der Waals surface area contributed by atoms with Crippen LogP contribution in [0.2, 0.25) is 5.02 Å². The highest BCUT2D eigenvalue weighted by Crippen LogP contribution is 2.39. The zero-order valence-corrected chi connectivity index (χ0v) is 8.83. The molecular weight excluding hydrogens is 218 g/mol. The van der Waals surface area contributed by atoms with Crippen LogP contribution in [0.3, 0.4) is 0 Å². The molecule has 0 amide bonds. The van der Waals surface area contributed by atoms with Gasteiger partial charge in [0.1, 0.15) is 13.2 Å². The maximum Gasteiger partial charge on any atom is 0.179 e. The van der Waals surface area contributed by atoms with Gasteiger partial charge >= 0.3 is 0 Å². The second kappa shape index (κ2) is 4.26. The van der Waals surface area contributed by atoms with Gasteiger partial charge in [-0.1, -0.05) is 11.6 Å². The Kier molecular flexibility index (Phi) is 3.00. The Morgan fingerprint density at radius 1 is 1.40 bits per heavy atom. The van der Waals surface area contributed by atoms with Gasteiger partial charge in [-0.3, -0.25) is 0 Å². The fourth-order valence-electron chi connectivity index (χ4n) is 1.46. The van der Waals surface area contributed by atoms with E-state index in [0.717, 1.165) is 0 Å². The van der Waals surface area contributed by atoms with E-state index in [2.05, 4.69) is 0 Å². The molecule has 0 aliphatic carbocycles. The Labute approximate surface area is 92.5 Å². The number of fused-ring (bicyclic) bond motifs is 1. The Balaban J connectivity index is 2.40. The summed E-state index contributed by atoms with van der Waals surface area (Å²) in [7, 11) is 0. The fraction of sp³-hybridized carbons (Fsp3) is 0.400. The van der Waals surface area contributed by atoms with Crippen molar-refractivity contribution in [1.82, 2.24) is 0 Å². The van der Waals surface area contributed by atoms with Gasteiger partial charge in [-0.25, -0.2) is 0 Å². The number of aliphatic hydroxyl groups is 1. The van der Waals surface area contributed by atoms with Gasteiger partial charge in [0.2, 0.25) is 0 Å². The SMILES string of the molecule is NCC(O)c1cc(Cl)c2c(c1)OCCO2. The highest BCUT2D eigenvalue weighted by Gasteiger charge is 2.18. The van der Waals surface area contributed by atoms with E-state index in [9.17, 15) is 5.11 Å². The average Bonchev–Trinajstić information content (AvgIpc) is 2.28. The molecule has 0 radical (unpaired) electrons. The number of ether oxygens (including phenoxy) is 2. The Hall–Kier alpha value is -0.970. The molecule has 1 aliphatic heterocycles. The quantitative estimate of drug-likeness (QED) is 0.797. The summed E-state index contributed by atoms with van der Waals surface area (Å²) in [5.41, 5.74) is 6.01. The van der Waals surface area contributed by atoms with Gasteiger partial charge in [0.25, 0.3) is 0 Å². The van der Waals surface area contributed by atoms with Crippen LogP contribution >= 0.6 is 11.6 Å². The number of hydrogen-bond donors (Lipinski definition) is 2. The van der Waals surface area contributed by atoms with E-state index in [1.165, 1.54) is 0 Å². The van der Waals surface area contributed by atoms with E-state index in [1.807, 2.05) is 0 Å². The first-order chi connectivity index (χ1) is 7.22. The zero-order chi connectivity index (χ0) is 10.8. The summed E-state index contributed by atoms with van der Waals surface area (Å²) in [6.45, 7) is 1.13. The molecule has 1 aromatic rings. The Morgan fingerprint density at radius 3 is 2.87 bits per heavy atom. The molecule has 0 bridgehead atoms. The van der Waals surface area contributed by atoms with Crippen LogP contribution in [-0.4, -0.2) is 24.9 Å². The molecule has 82 valence electrons. The second-order valence-electron chi connectivity index (χ2n) is 3.28. The summed E-state index contributed by atoms with van der Waals surface area (Å²) in [4.78, 5) is 0. The predicted molar refractivity (Wildman–Crippen MR) is 56.5 cm³/mol. The molecule has 1 heterocycles. The van der Waals surface area contributed by atoms with Crippen molar-refractivity contribution in [2.75, 3.05) is 19.8 Å². The molecule has 5 heteroatoms. The fourth-order valence-corrected chi connectivity index (χ4v) is 1.73. The van der Waals surface area contributed by atoms with Crippen molar-refractivity contribution in [3.63, 3.8) is 0 Å². The first-order valence-electron chi connectivity index (χ1n) is 4.69. The van der Waals surface area contributed by atoms with Crippen LogP contribution in [0, 0.1) is 0 Å². The summed E-state index contributed by atoms with van der Waals surface area (Å²) in [5, 5.41) is 10.0. The molecule has 0 aromatic heterocycles. The van der Waals surface area contributed by atoms with Crippen molar-refractivity contribution in [3.8, 4) is 11.5 Å². The maximum absolute atomic E-state index is 9.58. The molecule has 2 rings (SSSR count). The molecule has 0 saturated carbocycles. The lowest BCUT2D eigenvalue weighted by atomic mass is 10.1. The Bertz CT molecular complexity index is 370. The maximum atomic E-state index is 9.58. The van der Waals surface area contributed by atoms with Gasteiger partial charge in [-0.2, -0.15) is 0 Å². The van der Waals surface area contributed by atoms with Crippen LogP contribution in [0.15, 0.2) is 12.1 Å². The van der Waals surface area contributed by atoms with E-state index in [-0.39, 0.29) is 6.54 Å². The van der Waals surface area contributed by atoms with Gasteiger partial charge in [0.15, 0.2) is 11.5 Å². The lowest BCUT2D eigenvalue weighted by Gasteiger charge is -2.21. The topological polar surface area (TPSA) is 64.7 Å². The predicted octanol–water partition coefficient (Wildman–Crippen LogP) is 1.10. The number of rotatable bonds is 2. The van der Waals surface area contributed by atoms with Crippen molar-refractivity contribution in [2.45, 2.75) is 6.10 Å².